The number of nitrogens with zero attached hydrogens (tertiary/aromatic N) is 2. The average Bonchev–Trinajstić information content (AvgIpc) is 3.38. The van der Waals surface area contributed by atoms with Crippen LogP contribution in [0.1, 0.15) is 53.2 Å². The number of esters is 1. The van der Waals surface area contributed by atoms with E-state index >= 15 is 0 Å². The van der Waals surface area contributed by atoms with E-state index in [-0.39, 0.29) is 30.4 Å². The quantitative estimate of drug-likeness (QED) is 0.279. The molecule has 2 fully saturated rings. The molecular formula is C27H38N3O10P. The molecule has 0 radical (unpaired) electrons. The summed E-state index contributed by atoms with van der Waals surface area (Å²) in [5.41, 5.74) is -0.673. The predicted octanol–water partition coefficient (Wildman–Crippen LogP) is 3.98. The number of hydrogen-bond acceptors (Lipinski definition) is 12. The van der Waals surface area contributed by atoms with Gasteiger partial charge < -0.3 is 32.9 Å². The van der Waals surface area contributed by atoms with E-state index in [0.29, 0.717) is 5.56 Å². The summed E-state index contributed by atoms with van der Waals surface area (Å²) < 4.78 is 60.7. The van der Waals surface area contributed by atoms with Crippen LogP contribution in [0.3, 0.4) is 0 Å². The third kappa shape index (κ3) is 7.17. The van der Waals surface area contributed by atoms with Crippen LogP contribution < -0.4 is 19.1 Å². The summed E-state index contributed by atoms with van der Waals surface area (Å²) >= 11 is 0. The van der Waals surface area contributed by atoms with Gasteiger partial charge in [-0.05, 0) is 53.7 Å². The molecule has 0 saturated carbocycles. The van der Waals surface area contributed by atoms with Gasteiger partial charge in [-0.3, -0.25) is 9.32 Å². The van der Waals surface area contributed by atoms with E-state index in [2.05, 4.69) is 15.1 Å². The molecule has 41 heavy (non-hydrogen) atoms. The van der Waals surface area contributed by atoms with E-state index < -0.39 is 49.5 Å². The Bertz CT molecular complexity index is 1260. The lowest BCUT2D eigenvalue weighted by Crippen LogP contribution is -2.45. The largest absolute Gasteiger partial charge is 0.481 e. The number of rotatable bonds is 12. The van der Waals surface area contributed by atoms with Gasteiger partial charge in [0.05, 0.1) is 32.5 Å². The number of nitrogens with one attached hydrogen (secondary N) is 1. The van der Waals surface area contributed by atoms with Gasteiger partial charge in [-0.25, -0.2) is 9.55 Å². The van der Waals surface area contributed by atoms with Gasteiger partial charge in [0.15, 0.2) is 5.79 Å². The van der Waals surface area contributed by atoms with Crippen molar-refractivity contribution < 1.29 is 46.8 Å². The van der Waals surface area contributed by atoms with E-state index in [1.54, 1.807) is 71.1 Å². The first-order valence-corrected chi connectivity index (χ1v) is 14.8. The first-order valence-electron chi connectivity index (χ1n) is 13.2. The summed E-state index contributed by atoms with van der Waals surface area (Å²) in [4.78, 5) is 21.0. The minimum atomic E-state index is -4.17. The van der Waals surface area contributed by atoms with Crippen LogP contribution in [0.25, 0.3) is 0 Å². The molecule has 14 heteroatoms. The Morgan fingerprint density at radius 3 is 2.41 bits per heavy atom. The molecule has 4 rings (SSSR count). The lowest BCUT2D eigenvalue weighted by Gasteiger charge is -2.33. The topological polar surface area (TPSA) is 146 Å². The summed E-state index contributed by atoms with van der Waals surface area (Å²) in [6.45, 7) is 10.0. The van der Waals surface area contributed by atoms with Gasteiger partial charge in [0, 0.05) is 6.20 Å². The van der Waals surface area contributed by atoms with Gasteiger partial charge in [0.25, 0.3) is 0 Å². The van der Waals surface area contributed by atoms with Gasteiger partial charge >= 0.3 is 19.7 Å². The Morgan fingerprint density at radius 2 is 1.78 bits per heavy atom. The van der Waals surface area contributed by atoms with E-state index in [0.717, 1.165) is 0 Å². The molecule has 0 spiro atoms. The molecule has 3 heterocycles. The number of carbonyl (C=O) groups excluding carboxylic acids is 1. The van der Waals surface area contributed by atoms with Crippen LogP contribution in [0.15, 0.2) is 36.5 Å². The number of fused-ring (bicyclic) bond motifs is 1. The summed E-state index contributed by atoms with van der Waals surface area (Å²) in [6, 6.07) is 7.62. The zero-order valence-corrected chi connectivity index (χ0v) is 25.4. The molecule has 1 N–H and O–H groups in total. The van der Waals surface area contributed by atoms with Crippen LogP contribution in [-0.2, 0) is 32.8 Å². The van der Waals surface area contributed by atoms with E-state index in [4.69, 9.17) is 37.5 Å². The van der Waals surface area contributed by atoms with Crippen LogP contribution in [0.4, 0.5) is 0 Å². The molecule has 0 bridgehead atoms. The lowest BCUT2D eigenvalue weighted by atomic mass is 9.96. The average molecular weight is 596 g/mol. The van der Waals surface area contributed by atoms with Crippen LogP contribution in [0.2, 0.25) is 0 Å². The number of aromatic nitrogens is 2. The fourth-order valence-electron chi connectivity index (χ4n) is 4.63. The highest BCUT2D eigenvalue weighted by Crippen LogP contribution is 2.53. The summed E-state index contributed by atoms with van der Waals surface area (Å²) in [7, 11) is -1.24. The van der Waals surface area contributed by atoms with Gasteiger partial charge in [0.2, 0.25) is 5.88 Å². The van der Waals surface area contributed by atoms with E-state index in [9.17, 15) is 9.36 Å². The van der Waals surface area contributed by atoms with Gasteiger partial charge in [-0.15, -0.1) is 0 Å². The number of ether oxygens (including phenoxy) is 6. The number of methoxy groups -OCH3 is 2. The summed E-state index contributed by atoms with van der Waals surface area (Å²) in [5.74, 6) is -1.03. The predicted molar refractivity (Wildman–Crippen MR) is 146 cm³/mol. The van der Waals surface area contributed by atoms with Crippen LogP contribution >= 0.6 is 7.75 Å². The van der Waals surface area contributed by atoms with Gasteiger partial charge in [-0.1, -0.05) is 18.2 Å². The van der Waals surface area contributed by atoms with Crippen molar-refractivity contribution in [2.75, 3.05) is 20.8 Å². The molecule has 13 nitrogen and oxygen atoms in total. The summed E-state index contributed by atoms with van der Waals surface area (Å²) in [5, 5.41) is 2.69. The fourth-order valence-corrected chi connectivity index (χ4v) is 6.21. The minimum absolute atomic E-state index is 0.130. The van der Waals surface area contributed by atoms with Crippen molar-refractivity contribution >= 4 is 13.7 Å². The zero-order chi connectivity index (χ0) is 30.0. The lowest BCUT2D eigenvalue weighted by molar-refractivity contribution is -0.211. The Morgan fingerprint density at radius 1 is 1.07 bits per heavy atom. The smallest absolute Gasteiger partial charge is 0.459 e. The first kappa shape index (κ1) is 31.1. The van der Waals surface area contributed by atoms with Crippen molar-refractivity contribution in [1.29, 1.82) is 0 Å². The fraction of sp³-hybridized carbons (Fsp3) is 0.593. The Labute approximate surface area is 239 Å². The normalized spacial score (nSPS) is 27.1. The Balaban J connectivity index is 1.61. The number of para-hydroxylation sites is 1. The molecule has 2 aliphatic heterocycles. The summed E-state index contributed by atoms with van der Waals surface area (Å²) in [6.07, 6.45) is -0.794. The monoisotopic (exact) mass is 595 g/mol. The minimum Gasteiger partial charge on any atom is -0.481 e. The van der Waals surface area contributed by atoms with Crippen molar-refractivity contribution in [1.82, 2.24) is 15.1 Å². The highest BCUT2D eigenvalue weighted by Gasteiger charge is 2.62. The van der Waals surface area contributed by atoms with Crippen molar-refractivity contribution in [3.63, 3.8) is 0 Å². The second-order valence-electron chi connectivity index (χ2n) is 10.7. The van der Waals surface area contributed by atoms with Gasteiger partial charge in [0.1, 0.15) is 35.7 Å². The molecule has 0 aliphatic carbocycles. The molecule has 0 unspecified atom stereocenters. The third-order valence-electron chi connectivity index (χ3n) is 6.41. The molecule has 2 aromatic rings. The molecular weight excluding hydrogens is 557 g/mol. The number of benzene rings is 1. The van der Waals surface area contributed by atoms with Crippen molar-refractivity contribution in [3.05, 3.63) is 42.1 Å². The SMILES string of the molecule is COc1ncc([C@@H]2O[C@](C)(CO[P@@](=O)(N[C@@H](C)C(=O)OC(C)C)Oc3ccccc3)[C@H]3OC(C)(C)O[C@@H]23)c(OC)n1. The van der Waals surface area contributed by atoms with E-state index in [1.807, 2.05) is 0 Å². The number of carbonyl (C=O) groups is 1. The molecule has 2 saturated heterocycles. The van der Waals surface area contributed by atoms with Crippen molar-refractivity contribution in [2.45, 2.75) is 83.4 Å². The third-order valence-corrected chi connectivity index (χ3v) is 8.04. The molecule has 6 atom stereocenters. The number of hydrogen-bond donors (Lipinski definition) is 1. The van der Waals surface area contributed by atoms with Crippen molar-refractivity contribution in [3.8, 4) is 17.6 Å². The second kappa shape index (κ2) is 12.2. The van der Waals surface area contributed by atoms with Crippen molar-refractivity contribution in [2.24, 2.45) is 0 Å². The van der Waals surface area contributed by atoms with E-state index in [1.165, 1.54) is 21.1 Å². The molecule has 1 aromatic heterocycles. The molecule has 2 aliphatic rings. The highest BCUT2D eigenvalue weighted by molar-refractivity contribution is 7.52. The van der Waals surface area contributed by atoms with Gasteiger partial charge in [-0.2, -0.15) is 10.1 Å². The van der Waals surface area contributed by atoms with Crippen LogP contribution in [-0.4, -0.2) is 72.5 Å². The maximum absolute atomic E-state index is 14.1. The van der Waals surface area contributed by atoms with Crippen LogP contribution in [0, 0.1) is 0 Å². The maximum Gasteiger partial charge on any atom is 0.459 e. The molecule has 0 amide bonds. The zero-order valence-electron chi connectivity index (χ0n) is 24.5. The Kier molecular flexibility index (Phi) is 9.27. The molecule has 226 valence electrons. The Hall–Kier alpha value is -2.80. The van der Waals surface area contributed by atoms with Crippen LogP contribution in [0.5, 0.6) is 17.6 Å². The maximum atomic E-state index is 14.1. The highest BCUT2D eigenvalue weighted by atomic mass is 31.2. The second-order valence-corrected chi connectivity index (χ2v) is 12.4. The first-order chi connectivity index (χ1) is 19.3. The standard InChI is InChI=1S/C27H38N3O10P/c1-16(2)36-24(31)17(3)30-41(32,40-18-12-10-9-11-13-18)35-15-27(6)22-21(37-26(4,5)39-22)20(38-27)19-14-28-25(34-8)29-23(19)33-7/h9-14,16-17,20-22H,15H2,1-8H3,(H,30,32)/t17-,20-,21-,22-,27+,41-/m0/s1. The molecule has 1 aromatic carbocycles.